The summed E-state index contributed by atoms with van der Waals surface area (Å²) in [7, 11) is 0. The van der Waals surface area contributed by atoms with Crippen molar-refractivity contribution in [3.8, 4) is 0 Å². The fourth-order valence-corrected chi connectivity index (χ4v) is 1.99. The summed E-state index contributed by atoms with van der Waals surface area (Å²) in [5.41, 5.74) is 9.36. The highest BCUT2D eigenvalue weighted by Gasteiger charge is 2.17. The minimum atomic E-state index is 0.683. The van der Waals surface area contributed by atoms with Crippen molar-refractivity contribution in [2.75, 3.05) is 6.54 Å². The van der Waals surface area contributed by atoms with Gasteiger partial charge in [0.1, 0.15) is 5.82 Å². The third-order valence-corrected chi connectivity index (χ3v) is 2.51. The molecule has 3 nitrogen and oxygen atoms in total. The second-order valence-corrected chi connectivity index (χ2v) is 3.53. The first kappa shape index (κ1) is 8.63. The molecule has 0 amide bonds. The molecular formula is C10H15N3. The predicted octanol–water partition coefficient (Wildman–Crippen LogP) is 0.775. The van der Waals surface area contributed by atoms with Crippen molar-refractivity contribution in [1.82, 2.24) is 9.97 Å². The molecule has 0 radical (unpaired) electrons. The molecule has 3 heteroatoms. The van der Waals surface area contributed by atoms with Gasteiger partial charge in [0.05, 0.1) is 0 Å². The molecule has 0 fully saturated rings. The molecule has 1 aromatic heterocycles. The van der Waals surface area contributed by atoms with Crippen molar-refractivity contribution in [3.63, 3.8) is 0 Å². The van der Waals surface area contributed by atoms with E-state index in [0.717, 1.165) is 25.1 Å². The third kappa shape index (κ3) is 1.56. The quantitative estimate of drug-likeness (QED) is 0.726. The van der Waals surface area contributed by atoms with Crippen LogP contribution in [0.3, 0.4) is 0 Å². The van der Waals surface area contributed by atoms with E-state index in [4.69, 9.17) is 5.73 Å². The summed E-state index contributed by atoms with van der Waals surface area (Å²) < 4.78 is 0. The van der Waals surface area contributed by atoms with Crippen LogP contribution in [0.2, 0.25) is 0 Å². The predicted molar refractivity (Wildman–Crippen MR) is 51.6 cm³/mol. The molecule has 0 saturated carbocycles. The summed E-state index contributed by atoms with van der Waals surface area (Å²) in [4.78, 5) is 8.89. The monoisotopic (exact) mass is 177 g/mol. The minimum Gasteiger partial charge on any atom is -0.330 e. The highest BCUT2D eigenvalue weighted by Crippen LogP contribution is 2.22. The molecular weight excluding hydrogens is 162 g/mol. The van der Waals surface area contributed by atoms with Crippen LogP contribution in [0.15, 0.2) is 0 Å². The standard InChI is InChI=1S/C10H15N3/c1-7-12-9-4-2-3-8(9)10(13-7)5-6-11/h2-6,11H2,1H3. The first-order chi connectivity index (χ1) is 6.31. The largest absolute Gasteiger partial charge is 0.330 e. The number of hydrogen-bond donors (Lipinski definition) is 1. The van der Waals surface area contributed by atoms with Crippen LogP contribution in [0, 0.1) is 6.92 Å². The van der Waals surface area contributed by atoms with Crippen molar-refractivity contribution in [1.29, 1.82) is 0 Å². The molecule has 13 heavy (non-hydrogen) atoms. The lowest BCUT2D eigenvalue weighted by molar-refractivity contribution is 0.856. The molecule has 1 aliphatic rings. The lowest BCUT2D eigenvalue weighted by Crippen LogP contribution is -2.09. The van der Waals surface area contributed by atoms with Crippen LogP contribution in [0.25, 0.3) is 0 Å². The Labute approximate surface area is 78.4 Å². The maximum atomic E-state index is 5.54. The van der Waals surface area contributed by atoms with Gasteiger partial charge in [-0.05, 0) is 38.3 Å². The van der Waals surface area contributed by atoms with Crippen LogP contribution in [0.4, 0.5) is 0 Å². The minimum absolute atomic E-state index is 0.683. The van der Waals surface area contributed by atoms with Crippen LogP contribution >= 0.6 is 0 Å². The van der Waals surface area contributed by atoms with Gasteiger partial charge < -0.3 is 5.73 Å². The fourth-order valence-electron chi connectivity index (χ4n) is 1.99. The zero-order valence-corrected chi connectivity index (χ0v) is 8.01. The Kier molecular flexibility index (Phi) is 2.27. The van der Waals surface area contributed by atoms with Crippen molar-refractivity contribution >= 4 is 0 Å². The first-order valence-corrected chi connectivity index (χ1v) is 4.86. The van der Waals surface area contributed by atoms with Gasteiger partial charge in [0.15, 0.2) is 0 Å². The SMILES string of the molecule is Cc1nc(CCN)c2c(n1)CCC2. The summed E-state index contributed by atoms with van der Waals surface area (Å²) >= 11 is 0. The number of nitrogens with zero attached hydrogens (tertiary/aromatic N) is 2. The molecule has 0 spiro atoms. The van der Waals surface area contributed by atoms with Crippen LogP contribution < -0.4 is 5.73 Å². The molecule has 0 atom stereocenters. The van der Waals surface area contributed by atoms with E-state index >= 15 is 0 Å². The number of aromatic nitrogens is 2. The molecule has 1 aliphatic carbocycles. The van der Waals surface area contributed by atoms with Gasteiger partial charge in [-0.1, -0.05) is 0 Å². The first-order valence-electron chi connectivity index (χ1n) is 4.86. The Balaban J connectivity index is 2.43. The van der Waals surface area contributed by atoms with Crippen molar-refractivity contribution in [2.24, 2.45) is 5.73 Å². The molecule has 1 aromatic rings. The maximum absolute atomic E-state index is 5.54. The number of aryl methyl sites for hydroxylation is 2. The molecule has 0 aliphatic heterocycles. The van der Waals surface area contributed by atoms with Gasteiger partial charge in [-0.3, -0.25) is 0 Å². The van der Waals surface area contributed by atoms with E-state index in [1.165, 1.54) is 23.4 Å². The molecule has 0 aromatic carbocycles. The number of rotatable bonds is 2. The lowest BCUT2D eigenvalue weighted by Gasteiger charge is -2.06. The van der Waals surface area contributed by atoms with Crippen LogP contribution in [0.1, 0.15) is 29.2 Å². The summed E-state index contributed by atoms with van der Waals surface area (Å²) in [6.07, 6.45) is 4.39. The molecule has 1 heterocycles. The fraction of sp³-hybridized carbons (Fsp3) is 0.600. The van der Waals surface area contributed by atoms with E-state index in [-0.39, 0.29) is 0 Å². The Morgan fingerprint density at radius 2 is 2.15 bits per heavy atom. The Hall–Kier alpha value is -0.960. The van der Waals surface area contributed by atoms with Crippen molar-refractivity contribution in [3.05, 3.63) is 22.8 Å². The smallest absolute Gasteiger partial charge is 0.125 e. The van der Waals surface area contributed by atoms with E-state index in [1.807, 2.05) is 6.92 Å². The second kappa shape index (κ2) is 3.42. The van der Waals surface area contributed by atoms with E-state index in [2.05, 4.69) is 9.97 Å². The van der Waals surface area contributed by atoms with Gasteiger partial charge in [0, 0.05) is 17.8 Å². The summed E-state index contributed by atoms with van der Waals surface area (Å²) in [5, 5.41) is 0. The van der Waals surface area contributed by atoms with E-state index < -0.39 is 0 Å². The summed E-state index contributed by atoms with van der Waals surface area (Å²) in [6, 6.07) is 0. The summed E-state index contributed by atoms with van der Waals surface area (Å²) in [5.74, 6) is 0.893. The molecule has 0 unspecified atom stereocenters. The molecule has 2 N–H and O–H groups in total. The van der Waals surface area contributed by atoms with Crippen LogP contribution in [-0.4, -0.2) is 16.5 Å². The molecule has 0 bridgehead atoms. The zero-order valence-electron chi connectivity index (χ0n) is 8.01. The second-order valence-electron chi connectivity index (χ2n) is 3.53. The summed E-state index contributed by atoms with van der Waals surface area (Å²) in [6.45, 7) is 2.64. The number of nitrogens with two attached hydrogens (primary N) is 1. The van der Waals surface area contributed by atoms with Gasteiger partial charge in [0.2, 0.25) is 0 Å². The van der Waals surface area contributed by atoms with Gasteiger partial charge >= 0.3 is 0 Å². The van der Waals surface area contributed by atoms with Crippen LogP contribution in [-0.2, 0) is 19.3 Å². The number of hydrogen-bond acceptors (Lipinski definition) is 3. The maximum Gasteiger partial charge on any atom is 0.125 e. The average Bonchev–Trinajstić information content (AvgIpc) is 2.52. The Morgan fingerprint density at radius 3 is 2.92 bits per heavy atom. The van der Waals surface area contributed by atoms with Gasteiger partial charge in [-0.2, -0.15) is 0 Å². The molecule has 2 rings (SSSR count). The normalized spacial score (nSPS) is 14.6. The van der Waals surface area contributed by atoms with Crippen LogP contribution in [0.5, 0.6) is 0 Å². The zero-order chi connectivity index (χ0) is 9.26. The average molecular weight is 177 g/mol. The van der Waals surface area contributed by atoms with Gasteiger partial charge in [-0.15, -0.1) is 0 Å². The van der Waals surface area contributed by atoms with E-state index in [0.29, 0.717) is 6.54 Å². The molecule has 70 valence electrons. The lowest BCUT2D eigenvalue weighted by atomic mass is 10.1. The highest BCUT2D eigenvalue weighted by molar-refractivity contribution is 5.30. The van der Waals surface area contributed by atoms with Crippen molar-refractivity contribution < 1.29 is 0 Å². The van der Waals surface area contributed by atoms with Gasteiger partial charge in [0.25, 0.3) is 0 Å². The van der Waals surface area contributed by atoms with E-state index in [9.17, 15) is 0 Å². The Bertz CT molecular complexity index is 320. The van der Waals surface area contributed by atoms with Crippen molar-refractivity contribution in [2.45, 2.75) is 32.6 Å². The molecule has 0 saturated heterocycles. The van der Waals surface area contributed by atoms with E-state index in [1.54, 1.807) is 0 Å². The topological polar surface area (TPSA) is 51.8 Å². The highest BCUT2D eigenvalue weighted by atomic mass is 14.9. The third-order valence-electron chi connectivity index (χ3n) is 2.51. The Morgan fingerprint density at radius 1 is 1.31 bits per heavy atom. The van der Waals surface area contributed by atoms with Gasteiger partial charge in [-0.25, -0.2) is 9.97 Å². The number of fused-ring (bicyclic) bond motifs is 1.